The molecule has 102 valence electrons. The molecule has 0 bridgehead atoms. The van der Waals surface area contributed by atoms with Crippen molar-refractivity contribution in [3.05, 3.63) is 72.0 Å². The van der Waals surface area contributed by atoms with Crippen LogP contribution < -0.4 is 10.1 Å². The summed E-state index contributed by atoms with van der Waals surface area (Å²) in [6.45, 7) is 2.43. The fraction of sp³-hybridized carbons (Fsp3) is 0.118. The molecule has 0 aromatic heterocycles. The highest BCUT2D eigenvalue weighted by Crippen LogP contribution is 2.15. The predicted octanol–water partition coefficient (Wildman–Crippen LogP) is 3.24. The Kier molecular flexibility index (Phi) is 4.95. The summed E-state index contributed by atoms with van der Waals surface area (Å²) in [7, 11) is 0. The summed E-state index contributed by atoms with van der Waals surface area (Å²) in [4.78, 5) is 12.0. The van der Waals surface area contributed by atoms with E-state index in [0.717, 1.165) is 5.56 Å². The zero-order chi connectivity index (χ0) is 14.2. The molecule has 3 nitrogen and oxygen atoms in total. The van der Waals surface area contributed by atoms with Gasteiger partial charge in [-0.3, -0.25) is 4.79 Å². The average molecular weight is 267 g/mol. The van der Waals surface area contributed by atoms with Crippen LogP contribution in [-0.4, -0.2) is 12.5 Å². The standard InChI is InChI=1S/C17H17NO2/c1-2-18-17(19)16(13-14-9-5-3-6-10-14)20-15-11-7-4-8-12-15/h3-13H,2H2,1H3,(H,18,19)/b16-13+. The van der Waals surface area contributed by atoms with Crippen LogP contribution in [0.1, 0.15) is 12.5 Å². The van der Waals surface area contributed by atoms with Crippen molar-refractivity contribution in [2.24, 2.45) is 0 Å². The minimum Gasteiger partial charge on any atom is -0.452 e. The van der Waals surface area contributed by atoms with Crippen LogP contribution in [0.3, 0.4) is 0 Å². The van der Waals surface area contributed by atoms with E-state index in [1.165, 1.54) is 0 Å². The van der Waals surface area contributed by atoms with E-state index in [2.05, 4.69) is 5.32 Å². The van der Waals surface area contributed by atoms with Crippen molar-refractivity contribution in [3.63, 3.8) is 0 Å². The molecule has 0 fully saturated rings. The van der Waals surface area contributed by atoms with Gasteiger partial charge in [0.1, 0.15) is 5.75 Å². The minimum atomic E-state index is -0.222. The molecule has 20 heavy (non-hydrogen) atoms. The highest BCUT2D eigenvalue weighted by Gasteiger charge is 2.11. The van der Waals surface area contributed by atoms with Crippen LogP contribution in [0.15, 0.2) is 66.4 Å². The largest absolute Gasteiger partial charge is 0.452 e. The first-order valence-corrected chi connectivity index (χ1v) is 6.57. The Morgan fingerprint density at radius 3 is 2.25 bits per heavy atom. The van der Waals surface area contributed by atoms with Crippen LogP contribution in [0.5, 0.6) is 5.75 Å². The Morgan fingerprint density at radius 1 is 1.05 bits per heavy atom. The molecule has 0 saturated carbocycles. The van der Waals surface area contributed by atoms with E-state index in [1.54, 1.807) is 6.08 Å². The monoisotopic (exact) mass is 267 g/mol. The zero-order valence-corrected chi connectivity index (χ0v) is 11.4. The van der Waals surface area contributed by atoms with Gasteiger partial charge in [-0.2, -0.15) is 0 Å². The average Bonchev–Trinajstić information content (AvgIpc) is 2.49. The van der Waals surface area contributed by atoms with Crippen molar-refractivity contribution in [2.45, 2.75) is 6.92 Å². The Labute approximate surface area is 118 Å². The lowest BCUT2D eigenvalue weighted by Gasteiger charge is -2.10. The van der Waals surface area contributed by atoms with E-state index < -0.39 is 0 Å². The Bertz CT molecular complexity index is 576. The van der Waals surface area contributed by atoms with Crippen molar-refractivity contribution in [2.75, 3.05) is 6.54 Å². The molecule has 2 aromatic carbocycles. The Hall–Kier alpha value is -2.55. The molecule has 0 atom stereocenters. The molecule has 0 aliphatic heterocycles. The molecule has 1 amide bonds. The van der Waals surface area contributed by atoms with Gasteiger partial charge < -0.3 is 10.1 Å². The molecule has 0 saturated heterocycles. The van der Waals surface area contributed by atoms with Crippen molar-refractivity contribution < 1.29 is 9.53 Å². The van der Waals surface area contributed by atoms with E-state index in [4.69, 9.17) is 4.74 Å². The normalized spacial score (nSPS) is 10.9. The lowest BCUT2D eigenvalue weighted by molar-refractivity contribution is -0.119. The summed E-state index contributed by atoms with van der Waals surface area (Å²) < 4.78 is 5.68. The fourth-order valence-electron chi connectivity index (χ4n) is 1.71. The summed E-state index contributed by atoms with van der Waals surface area (Å²) in [6, 6.07) is 18.9. The van der Waals surface area contributed by atoms with Gasteiger partial charge >= 0.3 is 0 Å². The van der Waals surface area contributed by atoms with Gasteiger partial charge in [-0.05, 0) is 30.7 Å². The van der Waals surface area contributed by atoms with Crippen LogP contribution >= 0.6 is 0 Å². The number of carbonyl (C=O) groups is 1. The van der Waals surface area contributed by atoms with Crippen LogP contribution in [0.25, 0.3) is 6.08 Å². The maximum atomic E-state index is 12.0. The number of benzene rings is 2. The summed E-state index contributed by atoms with van der Waals surface area (Å²) in [5.41, 5.74) is 0.921. The number of amides is 1. The van der Waals surface area contributed by atoms with Gasteiger partial charge in [0.2, 0.25) is 0 Å². The molecule has 0 aliphatic rings. The molecular formula is C17H17NO2. The highest BCUT2D eigenvalue weighted by atomic mass is 16.5. The van der Waals surface area contributed by atoms with Crippen LogP contribution in [0, 0.1) is 0 Å². The third-order valence-electron chi connectivity index (χ3n) is 2.63. The second-order valence-electron chi connectivity index (χ2n) is 4.19. The molecule has 0 aliphatic carbocycles. The maximum Gasteiger partial charge on any atom is 0.287 e. The number of likely N-dealkylation sites (N-methyl/N-ethyl adjacent to an activating group) is 1. The van der Waals surface area contributed by atoms with Crippen LogP contribution in [-0.2, 0) is 4.79 Å². The van der Waals surface area contributed by atoms with E-state index in [9.17, 15) is 4.79 Å². The predicted molar refractivity (Wildman–Crippen MR) is 80.2 cm³/mol. The lowest BCUT2D eigenvalue weighted by atomic mass is 10.2. The van der Waals surface area contributed by atoms with Gasteiger partial charge in [0, 0.05) is 6.54 Å². The number of carbonyl (C=O) groups excluding carboxylic acids is 1. The van der Waals surface area contributed by atoms with E-state index in [1.807, 2.05) is 67.6 Å². The molecule has 0 heterocycles. The van der Waals surface area contributed by atoms with Gasteiger partial charge in [0.25, 0.3) is 5.91 Å². The van der Waals surface area contributed by atoms with E-state index in [0.29, 0.717) is 12.3 Å². The maximum absolute atomic E-state index is 12.0. The minimum absolute atomic E-state index is 0.222. The molecule has 2 aromatic rings. The summed E-state index contributed by atoms with van der Waals surface area (Å²) in [5, 5.41) is 2.75. The Balaban J connectivity index is 2.25. The van der Waals surface area contributed by atoms with Crippen LogP contribution in [0.4, 0.5) is 0 Å². The van der Waals surface area contributed by atoms with Crippen molar-refractivity contribution in [1.29, 1.82) is 0 Å². The molecule has 0 spiro atoms. The summed E-state index contributed by atoms with van der Waals surface area (Å²) in [6.07, 6.45) is 1.73. The highest BCUT2D eigenvalue weighted by molar-refractivity contribution is 5.96. The summed E-state index contributed by atoms with van der Waals surface area (Å²) >= 11 is 0. The number of hydrogen-bond donors (Lipinski definition) is 1. The number of ether oxygens (including phenoxy) is 1. The SMILES string of the molecule is CCNC(=O)/C(=C\c1ccccc1)Oc1ccccc1. The molecule has 0 unspecified atom stereocenters. The first-order chi connectivity index (χ1) is 9.79. The second-order valence-corrected chi connectivity index (χ2v) is 4.19. The lowest BCUT2D eigenvalue weighted by Crippen LogP contribution is -2.26. The third-order valence-corrected chi connectivity index (χ3v) is 2.63. The second kappa shape index (κ2) is 7.14. The van der Waals surface area contributed by atoms with Gasteiger partial charge in [0.15, 0.2) is 5.76 Å². The number of hydrogen-bond acceptors (Lipinski definition) is 2. The first-order valence-electron chi connectivity index (χ1n) is 6.57. The van der Waals surface area contributed by atoms with Gasteiger partial charge in [-0.25, -0.2) is 0 Å². The molecule has 0 radical (unpaired) electrons. The number of para-hydroxylation sites is 1. The van der Waals surface area contributed by atoms with Crippen molar-refractivity contribution in [1.82, 2.24) is 5.32 Å². The van der Waals surface area contributed by atoms with Crippen LogP contribution in [0.2, 0.25) is 0 Å². The Morgan fingerprint density at radius 2 is 1.65 bits per heavy atom. The molecule has 3 heteroatoms. The van der Waals surface area contributed by atoms with E-state index >= 15 is 0 Å². The smallest absolute Gasteiger partial charge is 0.287 e. The van der Waals surface area contributed by atoms with Gasteiger partial charge in [-0.1, -0.05) is 48.5 Å². The number of rotatable bonds is 5. The van der Waals surface area contributed by atoms with Gasteiger partial charge in [-0.15, -0.1) is 0 Å². The molecule has 1 N–H and O–H groups in total. The third kappa shape index (κ3) is 3.99. The quantitative estimate of drug-likeness (QED) is 0.667. The van der Waals surface area contributed by atoms with Gasteiger partial charge in [0.05, 0.1) is 0 Å². The fourth-order valence-corrected chi connectivity index (χ4v) is 1.71. The van der Waals surface area contributed by atoms with Crippen molar-refractivity contribution in [3.8, 4) is 5.75 Å². The zero-order valence-electron chi connectivity index (χ0n) is 11.4. The molecule has 2 rings (SSSR count). The summed E-state index contributed by atoms with van der Waals surface area (Å²) in [5.74, 6) is 0.699. The molecular weight excluding hydrogens is 250 g/mol. The topological polar surface area (TPSA) is 38.3 Å². The van der Waals surface area contributed by atoms with Crippen molar-refractivity contribution >= 4 is 12.0 Å². The van der Waals surface area contributed by atoms with E-state index in [-0.39, 0.29) is 11.7 Å². The number of nitrogens with one attached hydrogen (secondary N) is 1. The first kappa shape index (κ1) is 13.9.